The van der Waals surface area contributed by atoms with Gasteiger partial charge in [-0.05, 0) is 42.2 Å². The molecule has 0 spiro atoms. The van der Waals surface area contributed by atoms with Crippen molar-refractivity contribution in [3.05, 3.63) is 99.4 Å². The van der Waals surface area contributed by atoms with Crippen LogP contribution in [-0.4, -0.2) is 48.3 Å². The number of carbonyl (C=O) groups is 1. The summed E-state index contributed by atoms with van der Waals surface area (Å²) in [4.78, 5) is 33.2. The maximum Gasteiger partial charge on any atom is 0.271 e. The van der Waals surface area contributed by atoms with Crippen molar-refractivity contribution in [2.75, 3.05) is 13.1 Å². The highest BCUT2D eigenvalue weighted by Gasteiger charge is 2.34. The van der Waals surface area contributed by atoms with Crippen molar-refractivity contribution in [3.8, 4) is 17.3 Å². The summed E-state index contributed by atoms with van der Waals surface area (Å²) in [5, 5.41) is 15.0. The van der Waals surface area contributed by atoms with Gasteiger partial charge in [0.05, 0.1) is 17.8 Å². The third kappa shape index (κ3) is 4.91. The molecule has 1 N–H and O–H groups in total. The first-order valence-corrected chi connectivity index (χ1v) is 12.5. The van der Waals surface area contributed by atoms with Gasteiger partial charge in [0, 0.05) is 38.3 Å². The van der Waals surface area contributed by atoms with Crippen LogP contribution in [0, 0.1) is 17.5 Å². The molecule has 2 atom stereocenters. The van der Waals surface area contributed by atoms with E-state index in [1.807, 2.05) is 0 Å². The summed E-state index contributed by atoms with van der Waals surface area (Å²) in [7, 11) is 1.66. The Hall–Kier alpha value is -4.41. The van der Waals surface area contributed by atoms with Crippen LogP contribution in [0.25, 0.3) is 11.4 Å². The average molecular weight is 538 g/mol. The Bertz CT molecular complexity index is 1600. The Kier molecular flexibility index (Phi) is 6.98. The van der Waals surface area contributed by atoms with Gasteiger partial charge in [-0.1, -0.05) is 25.1 Å². The third-order valence-corrected chi connectivity index (χ3v) is 7.06. The summed E-state index contributed by atoms with van der Waals surface area (Å²) in [6.07, 6.45) is 3.69. The van der Waals surface area contributed by atoms with Crippen molar-refractivity contribution in [1.82, 2.24) is 24.2 Å². The summed E-state index contributed by atoms with van der Waals surface area (Å²) in [5.41, 5.74) is -0.433. The SMILES string of the molecule is CC[C@@H](c1cc(F)cc(F)c1)n1c(-c2cnn(C)c2)nc(O)c(C(=O)N2CCC(c3ccccc3F)C2)c1=O. The molecule has 0 bridgehead atoms. The van der Waals surface area contributed by atoms with Gasteiger partial charge in [-0.2, -0.15) is 10.1 Å². The Morgan fingerprint density at radius 2 is 1.87 bits per heavy atom. The Labute approximate surface area is 222 Å². The molecule has 0 aliphatic carbocycles. The first-order chi connectivity index (χ1) is 18.7. The van der Waals surface area contributed by atoms with Crippen molar-refractivity contribution < 1.29 is 23.1 Å². The summed E-state index contributed by atoms with van der Waals surface area (Å²) in [6, 6.07) is 8.36. The number of amides is 1. The molecule has 3 heterocycles. The molecule has 2 aromatic heterocycles. The van der Waals surface area contributed by atoms with E-state index in [1.165, 1.54) is 26.4 Å². The predicted octanol–water partition coefficient (Wildman–Crippen LogP) is 4.40. The van der Waals surface area contributed by atoms with E-state index in [9.17, 15) is 27.9 Å². The molecule has 39 heavy (non-hydrogen) atoms. The minimum absolute atomic E-state index is 0.00988. The second-order valence-corrected chi connectivity index (χ2v) is 9.60. The number of nitrogens with zero attached hydrogens (tertiary/aromatic N) is 5. The molecular weight excluding hydrogens is 511 g/mol. The lowest BCUT2D eigenvalue weighted by atomic mass is 9.98. The van der Waals surface area contributed by atoms with Crippen molar-refractivity contribution in [3.63, 3.8) is 0 Å². The number of hydrogen-bond donors (Lipinski definition) is 1. The Balaban J connectivity index is 1.61. The lowest BCUT2D eigenvalue weighted by molar-refractivity contribution is 0.0783. The molecule has 1 aliphatic heterocycles. The molecule has 1 fully saturated rings. The van der Waals surface area contributed by atoms with E-state index in [4.69, 9.17) is 0 Å². The summed E-state index contributed by atoms with van der Waals surface area (Å²) >= 11 is 0. The van der Waals surface area contributed by atoms with Crippen LogP contribution in [0.5, 0.6) is 5.88 Å². The van der Waals surface area contributed by atoms with Gasteiger partial charge in [-0.25, -0.2) is 13.2 Å². The van der Waals surface area contributed by atoms with E-state index in [0.29, 0.717) is 17.5 Å². The topological polar surface area (TPSA) is 93.2 Å². The molecule has 1 unspecified atom stereocenters. The second kappa shape index (κ2) is 10.4. The fraction of sp³-hybridized carbons (Fsp3) is 0.286. The quantitative estimate of drug-likeness (QED) is 0.394. The van der Waals surface area contributed by atoms with Crippen LogP contribution in [0.1, 0.15) is 53.2 Å². The van der Waals surface area contributed by atoms with Gasteiger partial charge in [0.15, 0.2) is 11.4 Å². The third-order valence-electron chi connectivity index (χ3n) is 7.06. The molecule has 5 rings (SSSR count). The number of aryl methyl sites for hydroxylation is 1. The molecule has 8 nitrogen and oxygen atoms in total. The Morgan fingerprint density at radius 3 is 2.51 bits per heavy atom. The van der Waals surface area contributed by atoms with Gasteiger partial charge in [-0.3, -0.25) is 18.8 Å². The van der Waals surface area contributed by atoms with E-state index in [1.54, 1.807) is 38.4 Å². The predicted molar refractivity (Wildman–Crippen MR) is 137 cm³/mol. The molecular formula is C28H26F3N5O3. The van der Waals surface area contributed by atoms with Crippen LogP contribution < -0.4 is 5.56 Å². The van der Waals surface area contributed by atoms with Crippen LogP contribution in [0.2, 0.25) is 0 Å². The molecule has 0 radical (unpaired) electrons. The van der Waals surface area contributed by atoms with E-state index < -0.39 is 40.6 Å². The minimum atomic E-state index is -0.915. The van der Waals surface area contributed by atoms with Crippen molar-refractivity contribution >= 4 is 5.91 Å². The van der Waals surface area contributed by atoms with Crippen LogP contribution in [-0.2, 0) is 7.05 Å². The molecule has 0 saturated carbocycles. The maximum atomic E-state index is 14.4. The van der Waals surface area contributed by atoms with Crippen LogP contribution in [0.3, 0.4) is 0 Å². The van der Waals surface area contributed by atoms with Gasteiger partial charge in [0.1, 0.15) is 17.5 Å². The number of aromatic nitrogens is 4. The molecule has 1 aliphatic rings. The smallest absolute Gasteiger partial charge is 0.271 e. The fourth-order valence-corrected chi connectivity index (χ4v) is 5.24. The summed E-state index contributed by atoms with van der Waals surface area (Å²) in [5.74, 6) is -3.83. The van der Waals surface area contributed by atoms with Crippen LogP contribution in [0.15, 0.2) is 59.7 Å². The number of hydrogen-bond acceptors (Lipinski definition) is 5. The lowest BCUT2D eigenvalue weighted by Crippen LogP contribution is -2.38. The van der Waals surface area contributed by atoms with E-state index in [-0.39, 0.29) is 42.6 Å². The second-order valence-electron chi connectivity index (χ2n) is 9.60. The van der Waals surface area contributed by atoms with Gasteiger partial charge >= 0.3 is 0 Å². The number of rotatable bonds is 6. The fourth-order valence-electron chi connectivity index (χ4n) is 5.24. The number of carbonyl (C=O) groups excluding carboxylic acids is 1. The summed E-state index contributed by atoms with van der Waals surface area (Å²) < 4.78 is 45.3. The molecule has 11 heteroatoms. The van der Waals surface area contributed by atoms with Gasteiger partial charge < -0.3 is 10.0 Å². The highest BCUT2D eigenvalue weighted by atomic mass is 19.1. The molecule has 1 amide bonds. The van der Waals surface area contributed by atoms with Gasteiger partial charge in [0.2, 0.25) is 5.88 Å². The normalized spacial score (nSPS) is 16.0. The lowest BCUT2D eigenvalue weighted by Gasteiger charge is -2.24. The molecule has 202 valence electrons. The molecule has 2 aromatic carbocycles. The largest absolute Gasteiger partial charge is 0.493 e. The number of benzene rings is 2. The van der Waals surface area contributed by atoms with E-state index in [0.717, 1.165) is 18.2 Å². The van der Waals surface area contributed by atoms with Gasteiger partial charge in [-0.15, -0.1) is 0 Å². The number of likely N-dealkylation sites (tertiary alicyclic amines) is 1. The van der Waals surface area contributed by atoms with E-state index in [2.05, 4.69) is 10.1 Å². The van der Waals surface area contributed by atoms with Crippen molar-refractivity contribution in [2.24, 2.45) is 7.05 Å². The summed E-state index contributed by atoms with van der Waals surface area (Å²) in [6.45, 7) is 2.11. The van der Waals surface area contributed by atoms with E-state index >= 15 is 0 Å². The zero-order valence-electron chi connectivity index (χ0n) is 21.3. The van der Waals surface area contributed by atoms with Crippen molar-refractivity contribution in [2.45, 2.75) is 31.7 Å². The maximum absolute atomic E-state index is 14.4. The van der Waals surface area contributed by atoms with Crippen molar-refractivity contribution in [1.29, 1.82) is 0 Å². The molecule has 1 saturated heterocycles. The van der Waals surface area contributed by atoms with Crippen LogP contribution >= 0.6 is 0 Å². The standard InChI is InChI=1S/C28H26F3N5O3/c1-3-23(17-10-19(29)12-20(30)11-17)36-25(18-13-32-34(2)14-18)33-26(37)24(28(36)39)27(38)35-9-8-16(15-35)21-6-4-5-7-22(21)31/h4-7,10-14,16,23,37H,3,8-9,15H2,1-2H3/t16?,23-/m0/s1. The highest BCUT2D eigenvalue weighted by molar-refractivity contribution is 5.96. The molecule has 4 aromatic rings. The van der Waals surface area contributed by atoms with Crippen LogP contribution in [0.4, 0.5) is 13.2 Å². The average Bonchev–Trinajstić information content (AvgIpc) is 3.55. The zero-order valence-corrected chi connectivity index (χ0v) is 21.3. The zero-order chi connectivity index (χ0) is 27.8. The highest BCUT2D eigenvalue weighted by Crippen LogP contribution is 2.32. The number of aromatic hydroxyl groups is 1. The number of halogens is 3. The monoisotopic (exact) mass is 537 g/mol. The Morgan fingerprint density at radius 1 is 1.15 bits per heavy atom. The minimum Gasteiger partial charge on any atom is -0.493 e. The van der Waals surface area contributed by atoms with Gasteiger partial charge in [0.25, 0.3) is 11.5 Å². The first kappa shape index (κ1) is 26.2. The first-order valence-electron chi connectivity index (χ1n) is 12.5.